The Morgan fingerprint density at radius 1 is 0.743 bits per heavy atom. The van der Waals surface area contributed by atoms with E-state index < -0.39 is 0 Å². The van der Waals surface area contributed by atoms with E-state index >= 15 is 0 Å². The molecule has 35 heavy (non-hydrogen) atoms. The van der Waals surface area contributed by atoms with E-state index in [0.29, 0.717) is 13.2 Å². The molecule has 0 spiro atoms. The van der Waals surface area contributed by atoms with E-state index in [-0.39, 0.29) is 0 Å². The number of nitrogens with one attached hydrogen (secondary N) is 1. The predicted molar refractivity (Wildman–Crippen MR) is 142 cm³/mol. The van der Waals surface area contributed by atoms with Crippen LogP contribution in [-0.4, -0.2) is 20.8 Å². The van der Waals surface area contributed by atoms with Gasteiger partial charge in [-0.2, -0.15) is 0 Å². The quantitative estimate of drug-likeness (QED) is 0.253. The van der Waals surface area contributed by atoms with Crippen LogP contribution >= 0.6 is 0 Å². The fourth-order valence-electron chi connectivity index (χ4n) is 4.24. The van der Waals surface area contributed by atoms with Crippen LogP contribution < -0.4 is 19.5 Å². The minimum atomic E-state index is 0.466. The predicted octanol–water partition coefficient (Wildman–Crippen LogP) is 6.59. The van der Waals surface area contributed by atoms with Gasteiger partial charge in [-0.05, 0) is 47.7 Å². The first-order valence-electron chi connectivity index (χ1n) is 12.0. The molecule has 0 aliphatic carbocycles. The van der Waals surface area contributed by atoms with Crippen molar-refractivity contribution in [3.8, 4) is 28.4 Å². The minimum absolute atomic E-state index is 0.466. The first kappa shape index (κ1) is 24.4. The van der Waals surface area contributed by atoms with Crippen LogP contribution in [0.15, 0.2) is 91.0 Å². The molecule has 0 aromatic heterocycles. The highest BCUT2D eigenvalue weighted by molar-refractivity contribution is 5.68. The van der Waals surface area contributed by atoms with Crippen molar-refractivity contribution in [3.05, 3.63) is 113 Å². The van der Waals surface area contributed by atoms with Gasteiger partial charge in [0.05, 0.1) is 19.8 Å². The van der Waals surface area contributed by atoms with E-state index in [9.17, 15) is 0 Å². The fourth-order valence-corrected chi connectivity index (χ4v) is 4.24. The summed E-state index contributed by atoms with van der Waals surface area (Å²) in [7, 11) is 3.36. The number of hydrogen-bond donors (Lipinski definition) is 1. The second-order valence-corrected chi connectivity index (χ2v) is 8.46. The van der Waals surface area contributed by atoms with Gasteiger partial charge in [-0.15, -0.1) is 0 Å². The summed E-state index contributed by atoms with van der Waals surface area (Å²) in [5.74, 6) is 2.22. The summed E-state index contributed by atoms with van der Waals surface area (Å²) in [6.07, 6.45) is 0.966. The Labute approximate surface area is 208 Å². The molecule has 0 fully saturated rings. The van der Waals surface area contributed by atoms with Gasteiger partial charge in [0, 0.05) is 18.7 Å². The van der Waals surface area contributed by atoms with Gasteiger partial charge in [-0.25, -0.2) is 0 Å². The van der Waals surface area contributed by atoms with Crippen molar-refractivity contribution < 1.29 is 14.2 Å². The lowest BCUT2D eigenvalue weighted by Crippen LogP contribution is -2.18. The maximum Gasteiger partial charge on any atom is 0.130 e. The van der Waals surface area contributed by atoms with Gasteiger partial charge in [0.2, 0.25) is 0 Å². The molecule has 0 aliphatic heterocycles. The average Bonchev–Trinajstić information content (AvgIpc) is 2.91. The number of hydrogen-bond acceptors (Lipinski definition) is 4. The monoisotopic (exact) mass is 467 g/mol. The Morgan fingerprint density at radius 3 is 2.06 bits per heavy atom. The van der Waals surface area contributed by atoms with Gasteiger partial charge in [0.15, 0.2) is 0 Å². The Kier molecular flexibility index (Phi) is 8.42. The molecule has 0 aliphatic rings. The molecule has 0 saturated heterocycles. The van der Waals surface area contributed by atoms with Crippen LogP contribution in [0.25, 0.3) is 11.1 Å². The molecule has 0 bridgehead atoms. The molecule has 180 valence electrons. The van der Waals surface area contributed by atoms with Crippen molar-refractivity contribution in [2.45, 2.75) is 26.5 Å². The summed E-state index contributed by atoms with van der Waals surface area (Å²) in [6.45, 7) is 4.13. The molecule has 0 unspecified atom stereocenters. The van der Waals surface area contributed by atoms with Crippen LogP contribution in [0.5, 0.6) is 17.2 Å². The van der Waals surface area contributed by atoms with Gasteiger partial charge in [-0.1, -0.05) is 78.9 Å². The standard InChI is InChI=1S/C31H33NO3/c1-23-26(15-10-16-28(23)25-13-8-5-9-14-25)22-35-27-19-30(33-2)29(31(20-27)34-3)21-32-18-17-24-11-6-4-7-12-24/h4-16,19-20,32H,17-18,21-22H2,1-3H3. The average molecular weight is 468 g/mol. The zero-order valence-electron chi connectivity index (χ0n) is 20.7. The highest BCUT2D eigenvalue weighted by Gasteiger charge is 2.14. The number of rotatable bonds is 11. The molecule has 4 aromatic carbocycles. The molecule has 0 amide bonds. The van der Waals surface area contributed by atoms with Crippen molar-refractivity contribution in [1.82, 2.24) is 5.32 Å². The Balaban J connectivity index is 1.44. The highest BCUT2D eigenvalue weighted by Crippen LogP contribution is 2.35. The zero-order chi connectivity index (χ0) is 24.5. The maximum atomic E-state index is 6.21. The highest BCUT2D eigenvalue weighted by atomic mass is 16.5. The van der Waals surface area contributed by atoms with Crippen LogP contribution in [0, 0.1) is 6.92 Å². The summed E-state index contributed by atoms with van der Waals surface area (Å²) >= 11 is 0. The van der Waals surface area contributed by atoms with E-state index in [0.717, 1.165) is 41.3 Å². The zero-order valence-corrected chi connectivity index (χ0v) is 20.7. The van der Waals surface area contributed by atoms with Crippen LogP contribution in [0.4, 0.5) is 0 Å². The number of benzene rings is 4. The van der Waals surface area contributed by atoms with Crippen molar-refractivity contribution in [1.29, 1.82) is 0 Å². The minimum Gasteiger partial charge on any atom is -0.496 e. The molecule has 4 rings (SSSR count). The maximum absolute atomic E-state index is 6.21. The molecule has 4 nitrogen and oxygen atoms in total. The molecular weight excluding hydrogens is 434 g/mol. The lowest BCUT2D eigenvalue weighted by molar-refractivity contribution is 0.298. The lowest BCUT2D eigenvalue weighted by Gasteiger charge is -2.17. The fraction of sp³-hybridized carbons (Fsp3) is 0.226. The Hall–Kier alpha value is -3.76. The van der Waals surface area contributed by atoms with E-state index in [1.807, 2.05) is 24.3 Å². The van der Waals surface area contributed by atoms with Crippen molar-refractivity contribution in [2.75, 3.05) is 20.8 Å². The van der Waals surface area contributed by atoms with E-state index in [2.05, 4.69) is 79.0 Å². The third-order valence-electron chi connectivity index (χ3n) is 6.24. The summed E-state index contributed by atoms with van der Waals surface area (Å²) in [5, 5.41) is 3.51. The lowest BCUT2D eigenvalue weighted by atomic mass is 9.97. The summed E-state index contributed by atoms with van der Waals surface area (Å²) in [6, 6.07) is 31.1. The van der Waals surface area contributed by atoms with Gasteiger partial charge in [0.25, 0.3) is 0 Å². The van der Waals surface area contributed by atoms with Crippen molar-refractivity contribution in [2.24, 2.45) is 0 Å². The van der Waals surface area contributed by atoms with Gasteiger partial charge in [-0.3, -0.25) is 0 Å². The van der Waals surface area contributed by atoms with E-state index in [1.54, 1.807) is 14.2 Å². The smallest absolute Gasteiger partial charge is 0.130 e. The summed E-state index contributed by atoms with van der Waals surface area (Å²) < 4.78 is 17.6. The van der Waals surface area contributed by atoms with E-state index in [4.69, 9.17) is 14.2 Å². The molecule has 4 heteroatoms. The SMILES string of the molecule is COc1cc(OCc2cccc(-c3ccccc3)c2C)cc(OC)c1CNCCc1ccccc1. The first-order chi connectivity index (χ1) is 17.2. The number of methoxy groups -OCH3 is 2. The van der Waals surface area contributed by atoms with Crippen molar-refractivity contribution >= 4 is 0 Å². The van der Waals surface area contributed by atoms with Crippen LogP contribution in [0.3, 0.4) is 0 Å². The van der Waals surface area contributed by atoms with Gasteiger partial charge in [0.1, 0.15) is 23.9 Å². The van der Waals surface area contributed by atoms with Crippen LogP contribution in [0.1, 0.15) is 22.3 Å². The Bertz CT molecular complexity index is 1200. The molecule has 1 N–H and O–H groups in total. The Morgan fingerprint density at radius 2 is 1.40 bits per heavy atom. The van der Waals surface area contributed by atoms with E-state index in [1.165, 1.54) is 22.3 Å². The first-order valence-corrected chi connectivity index (χ1v) is 12.0. The van der Waals surface area contributed by atoms with Gasteiger partial charge < -0.3 is 19.5 Å². The molecule has 0 saturated carbocycles. The molecule has 4 aromatic rings. The molecular formula is C31H33NO3. The summed E-state index contributed by atoms with van der Waals surface area (Å²) in [4.78, 5) is 0. The second kappa shape index (κ2) is 12.1. The molecule has 0 radical (unpaired) electrons. The summed E-state index contributed by atoms with van der Waals surface area (Å²) in [5.41, 5.74) is 7.10. The van der Waals surface area contributed by atoms with Crippen LogP contribution in [0.2, 0.25) is 0 Å². The third kappa shape index (κ3) is 6.23. The van der Waals surface area contributed by atoms with Crippen molar-refractivity contribution in [3.63, 3.8) is 0 Å². The molecule has 0 atom stereocenters. The normalized spacial score (nSPS) is 10.7. The topological polar surface area (TPSA) is 39.7 Å². The largest absolute Gasteiger partial charge is 0.496 e. The second-order valence-electron chi connectivity index (χ2n) is 8.46. The van der Waals surface area contributed by atoms with Crippen LogP contribution in [-0.2, 0) is 19.6 Å². The molecule has 0 heterocycles. The third-order valence-corrected chi connectivity index (χ3v) is 6.24. The van der Waals surface area contributed by atoms with Gasteiger partial charge >= 0.3 is 0 Å². The number of ether oxygens (including phenoxy) is 3.